The molecule has 1 aliphatic rings. The van der Waals surface area contributed by atoms with E-state index in [1.165, 1.54) is 19.3 Å². The number of nitrogens with two attached hydrogens (primary N) is 1. The van der Waals surface area contributed by atoms with E-state index in [0.717, 1.165) is 24.3 Å². The van der Waals surface area contributed by atoms with Crippen molar-refractivity contribution in [3.05, 3.63) is 29.8 Å². The molecular weight excluding hydrogens is 226 g/mol. The third kappa shape index (κ3) is 3.24. The Labute approximate surface area is 109 Å². The van der Waals surface area contributed by atoms with Crippen molar-refractivity contribution in [2.45, 2.75) is 38.4 Å². The summed E-state index contributed by atoms with van der Waals surface area (Å²) in [6, 6.07) is 8.02. The van der Waals surface area contributed by atoms with Gasteiger partial charge in [-0.25, -0.2) is 0 Å². The molecule has 2 unspecified atom stereocenters. The Morgan fingerprint density at radius 1 is 1.22 bits per heavy atom. The van der Waals surface area contributed by atoms with Crippen molar-refractivity contribution in [1.82, 2.24) is 0 Å². The summed E-state index contributed by atoms with van der Waals surface area (Å²) in [4.78, 5) is 0. The van der Waals surface area contributed by atoms with Crippen molar-refractivity contribution in [3.63, 3.8) is 0 Å². The van der Waals surface area contributed by atoms with Gasteiger partial charge in [0.2, 0.25) is 0 Å². The van der Waals surface area contributed by atoms with Crippen LogP contribution in [0.5, 0.6) is 5.75 Å². The van der Waals surface area contributed by atoms with Crippen LogP contribution in [0.15, 0.2) is 24.3 Å². The first-order valence-corrected chi connectivity index (χ1v) is 6.78. The molecule has 0 aliphatic heterocycles. The lowest BCUT2D eigenvalue weighted by molar-refractivity contribution is -0.0189. The van der Waals surface area contributed by atoms with Gasteiger partial charge in [-0.15, -0.1) is 0 Å². The second-order valence-electron chi connectivity index (χ2n) is 4.94. The summed E-state index contributed by atoms with van der Waals surface area (Å²) >= 11 is 0. The first kappa shape index (κ1) is 13.4. The van der Waals surface area contributed by atoms with Crippen LogP contribution in [-0.4, -0.2) is 19.8 Å². The van der Waals surface area contributed by atoms with Crippen LogP contribution >= 0.6 is 0 Å². The van der Waals surface area contributed by atoms with Crippen LogP contribution in [0.1, 0.15) is 31.2 Å². The van der Waals surface area contributed by atoms with Crippen LogP contribution in [0, 0.1) is 5.92 Å². The van der Waals surface area contributed by atoms with Crippen molar-refractivity contribution >= 4 is 0 Å². The summed E-state index contributed by atoms with van der Waals surface area (Å²) in [7, 11) is 1.70. The second kappa shape index (κ2) is 6.76. The van der Waals surface area contributed by atoms with Crippen LogP contribution in [0.4, 0.5) is 0 Å². The first-order valence-electron chi connectivity index (χ1n) is 6.78. The molecule has 3 heteroatoms. The average Bonchev–Trinajstić information content (AvgIpc) is 2.45. The number of benzene rings is 1. The third-order valence-electron chi connectivity index (χ3n) is 3.79. The van der Waals surface area contributed by atoms with E-state index in [1.54, 1.807) is 7.11 Å². The first-order chi connectivity index (χ1) is 8.85. The molecule has 1 aliphatic carbocycles. The second-order valence-corrected chi connectivity index (χ2v) is 4.94. The fourth-order valence-corrected chi connectivity index (χ4v) is 2.68. The standard InChI is InChI=1S/C15H23NO2/c1-17-14-8-4-3-7-13(14)11-18-15-9-5-2-6-12(15)10-16/h3-4,7-8,12,15H,2,5-6,9-11,16H2,1H3. The lowest BCUT2D eigenvalue weighted by atomic mass is 9.86. The van der Waals surface area contributed by atoms with E-state index >= 15 is 0 Å². The van der Waals surface area contributed by atoms with Gasteiger partial charge < -0.3 is 15.2 Å². The third-order valence-corrected chi connectivity index (χ3v) is 3.79. The average molecular weight is 249 g/mol. The monoisotopic (exact) mass is 249 g/mol. The quantitative estimate of drug-likeness (QED) is 0.872. The molecule has 1 aromatic rings. The van der Waals surface area contributed by atoms with E-state index in [0.29, 0.717) is 18.6 Å². The molecule has 1 fully saturated rings. The van der Waals surface area contributed by atoms with Gasteiger partial charge in [-0.2, -0.15) is 0 Å². The van der Waals surface area contributed by atoms with Gasteiger partial charge in [0.15, 0.2) is 0 Å². The Morgan fingerprint density at radius 2 is 2.00 bits per heavy atom. The number of hydrogen-bond acceptors (Lipinski definition) is 3. The minimum Gasteiger partial charge on any atom is -0.496 e. The van der Waals surface area contributed by atoms with Crippen LogP contribution in [0.25, 0.3) is 0 Å². The molecule has 1 saturated carbocycles. The number of ether oxygens (including phenoxy) is 2. The lowest BCUT2D eigenvalue weighted by Gasteiger charge is -2.30. The predicted octanol–water partition coefficient (Wildman–Crippen LogP) is 2.73. The van der Waals surface area contributed by atoms with Gasteiger partial charge in [-0.05, 0) is 31.4 Å². The molecule has 1 aromatic carbocycles. The van der Waals surface area contributed by atoms with E-state index in [9.17, 15) is 0 Å². The maximum absolute atomic E-state index is 6.06. The molecule has 18 heavy (non-hydrogen) atoms. The van der Waals surface area contributed by atoms with E-state index in [-0.39, 0.29) is 0 Å². The highest BCUT2D eigenvalue weighted by atomic mass is 16.5. The van der Waals surface area contributed by atoms with Gasteiger partial charge in [-0.3, -0.25) is 0 Å². The zero-order valence-electron chi connectivity index (χ0n) is 11.1. The number of rotatable bonds is 5. The molecule has 0 saturated heterocycles. The van der Waals surface area contributed by atoms with Crippen molar-refractivity contribution < 1.29 is 9.47 Å². The largest absolute Gasteiger partial charge is 0.496 e. The summed E-state index contributed by atoms with van der Waals surface area (Å²) in [6.45, 7) is 1.35. The van der Waals surface area contributed by atoms with Crippen LogP contribution < -0.4 is 10.5 Å². The zero-order valence-corrected chi connectivity index (χ0v) is 11.1. The summed E-state index contributed by atoms with van der Waals surface area (Å²) in [5.41, 5.74) is 6.93. The van der Waals surface area contributed by atoms with Crippen molar-refractivity contribution in [1.29, 1.82) is 0 Å². The van der Waals surface area contributed by atoms with E-state index in [1.807, 2.05) is 18.2 Å². The van der Waals surface area contributed by atoms with Gasteiger partial charge in [-0.1, -0.05) is 31.0 Å². The van der Waals surface area contributed by atoms with E-state index < -0.39 is 0 Å². The molecule has 0 bridgehead atoms. The minimum absolute atomic E-state index is 0.314. The van der Waals surface area contributed by atoms with Crippen molar-refractivity contribution in [2.24, 2.45) is 11.7 Å². The van der Waals surface area contributed by atoms with E-state index in [4.69, 9.17) is 15.2 Å². The molecule has 0 radical (unpaired) electrons. The molecule has 0 amide bonds. The molecule has 0 aromatic heterocycles. The molecule has 2 N–H and O–H groups in total. The molecule has 0 heterocycles. The molecule has 2 rings (SSSR count). The molecule has 3 nitrogen and oxygen atoms in total. The SMILES string of the molecule is COc1ccccc1COC1CCCCC1CN. The van der Waals surface area contributed by atoms with Crippen LogP contribution in [0.2, 0.25) is 0 Å². The highest BCUT2D eigenvalue weighted by Gasteiger charge is 2.24. The summed E-state index contributed by atoms with van der Waals surface area (Å²) in [6.07, 6.45) is 5.20. The zero-order chi connectivity index (χ0) is 12.8. The maximum atomic E-state index is 6.06. The number of hydrogen-bond donors (Lipinski definition) is 1. The molecular formula is C15H23NO2. The van der Waals surface area contributed by atoms with Crippen LogP contribution in [0.3, 0.4) is 0 Å². The molecule has 100 valence electrons. The Kier molecular flexibility index (Phi) is 5.02. The number of methoxy groups -OCH3 is 1. The summed E-state index contributed by atoms with van der Waals surface area (Å²) < 4.78 is 11.4. The van der Waals surface area contributed by atoms with E-state index in [2.05, 4.69) is 6.07 Å². The molecule has 0 spiro atoms. The predicted molar refractivity (Wildman–Crippen MR) is 72.6 cm³/mol. The Morgan fingerprint density at radius 3 is 2.78 bits per heavy atom. The number of para-hydroxylation sites is 1. The Balaban J connectivity index is 1.93. The topological polar surface area (TPSA) is 44.5 Å². The molecule has 2 atom stereocenters. The lowest BCUT2D eigenvalue weighted by Crippen LogP contribution is -2.33. The van der Waals surface area contributed by atoms with Crippen molar-refractivity contribution in [2.75, 3.05) is 13.7 Å². The van der Waals surface area contributed by atoms with Crippen molar-refractivity contribution in [3.8, 4) is 5.75 Å². The smallest absolute Gasteiger partial charge is 0.124 e. The highest BCUT2D eigenvalue weighted by Crippen LogP contribution is 2.28. The maximum Gasteiger partial charge on any atom is 0.124 e. The minimum atomic E-state index is 0.314. The fourth-order valence-electron chi connectivity index (χ4n) is 2.68. The highest BCUT2D eigenvalue weighted by molar-refractivity contribution is 5.32. The Bertz CT molecular complexity index is 367. The summed E-state index contributed by atoms with van der Waals surface area (Å²) in [5, 5.41) is 0. The van der Waals surface area contributed by atoms with Gasteiger partial charge in [0.05, 0.1) is 19.8 Å². The van der Waals surface area contributed by atoms with Gasteiger partial charge >= 0.3 is 0 Å². The van der Waals surface area contributed by atoms with Gasteiger partial charge in [0.1, 0.15) is 5.75 Å². The summed E-state index contributed by atoms with van der Waals surface area (Å²) in [5.74, 6) is 1.42. The van der Waals surface area contributed by atoms with Gasteiger partial charge in [0.25, 0.3) is 0 Å². The fraction of sp³-hybridized carbons (Fsp3) is 0.600. The van der Waals surface area contributed by atoms with Crippen LogP contribution in [-0.2, 0) is 11.3 Å². The van der Waals surface area contributed by atoms with Gasteiger partial charge in [0, 0.05) is 5.56 Å². The Hall–Kier alpha value is -1.06. The normalized spacial score (nSPS) is 23.9.